The van der Waals surface area contributed by atoms with Crippen LogP contribution in [0.1, 0.15) is 23.2 Å². The molecule has 0 fully saturated rings. The van der Waals surface area contributed by atoms with Crippen LogP contribution in [0.25, 0.3) is 11.2 Å². The number of hydrogen-bond acceptors (Lipinski definition) is 5. The number of pyridine rings is 2. The van der Waals surface area contributed by atoms with Gasteiger partial charge in [0.2, 0.25) is 0 Å². The molecule has 0 aliphatic carbocycles. The van der Waals surface area contributed by atoms with Gasteiger partial charge in [0.1, 0.15) is 17.8 Å². The van der Waals surface area contributed by atoms with Gasteiger partial charge in [-0.25, -0.2) is 18.7 Å². The van der Waals surface area contributed by atoms with Crippen molar-refractivity contribution in [2.75, 3.05) is 7.11 Å². The zero-order valence-electron chi connectivity index (χ0n) is 15.9. The Morgan fingerprint density at radius 2 is 1.83 bits per heavy atom. The predicted octanol–water partition coefficient (Wildman–Crippen LogP) is 5.00. The van der Waals surface area contributed by atoms with Crippen molar-refractivity contribution in [3.8, 4) is 11.5 Å². The molecule has 154 valence electrons. The highest BCUT2D eigenvalue weighted by Crippen LogP contribution is 2.29. The number of fused-ring (bicyclic) bond motifs is 1. The number of halogens is 3. The first-order chi connectivity index (χ1) is 14.5. The normalized spacial score (nSPS) is 11.2. The average Bonchev–Trinajstić information content (AvgIpc) is 3.14. The summed E-state index contributed by atoms with van der Waals surface area (Å²) in [5, 5.41) is 0. The Balaban J connectivity index is 1.48. The van der Waals surface area contributed by atoms with Crippen LogP contribution >= 0.6 is 22.6 Å². The highest BCUT2D eigenvalue weighted by atomic mass is 127. The van der Waals surface area contributed by atoms with Crippen LogP contribution in [0.2, 0.25) is 0 Å². The lowest BCUT2D eigenvalue weighted by molar-refractivity contribution is 0.146. The fourth-order valence-electron chi connectivity index (χ4n) is 2.98. The Kier molecular flexibility index (Phi) is 6.07. The summed E-state index contributed by atoms with van der Waals surface area (Å²) < 4.78 is 39.5. The number of imidazole rings is 1. The van der Waals surface area contributed by atoms with E-state index >= 15 is 0 Å². The topological polar surface area (TPSA) is 62.1 Å². The van der Waals surface area contributed by atoms with Crippen molar-refractivity contribution < 1.29 is 18.3 Å². The van der Waals surface area contributed by atoms with Gasteiger partial charge in [-0.2, -0.15) is 0 Å². The van der Waals surface area contributed by atoms with Gasteiger partial charge in [-0.05, 0) is 52.4 Å². The van der Waals surface area contributed by atoms with Gasteiger partial charge in [0.15, 0.2) is 17.1 Å². The maximum Gasteiger partial charge on any atom is 0.280 e. The van der Waals surface area contributed by atoms with Crippen molar-refractivity contribution in [3.05, 3.63) is 75.5 Å². The molecule has 0 aliphatic heterocycles. The second-order valence-corrected chi connectivity index (χ2v) is 7.78. The van der Waals surface area contributed by atoms with Crippen molar-refractivity contribution in [1.82, 2.24) is 19.5 Å². The van der Waals surface area contributed by atoms with Crippen molar-refractivity contribution in [1.29, 1.82) is 0 Å². The summed E-state index contributed by atoms with van der Waals surface area (Å²) >= 11 is 2.21. The molecule has 0 unspecified atom stereocenters. The SMILES string of the molecule is COc1cc(Cn2cnc3cc(I)cnc32)ccc1OCc1ccc(C(F)F)nc1. The van der Waals surface area contributed by atoms with E-state index in [1.165, 1.54) is 12.3 Å². The Morgan fingerprint density at radius 1 is 1.00 bits per heavy atom. The standard InChI is InChI=1S/C21H17F2IN4O2/c1-29-19-6-13(10-28-12-27-17-7-15(24)9-26-21(17)28)3-5-18(19)30-11-14-2-4-16(20(22)23)25-8-14/h2-9,12,20H,10-11H2,1H3. The molecule has 30 heavy (non-hydrogen) atoms. The summed E-state index contributed by atoms with van der Waals surface area (Å²) in [5.74, 6) is 1.14. The van der Waals surface area contributed by atoms with Gasteiger partial charge in [0.05, 0.1) is 20.0 Å². The molecule has 0 bridgehead atoms. The lowest BCUT2D eigenvalue weighted by atomic mass is 10.2. The molecule has 4 aromatic rings. The number of hydrogen-bond donors (Lipinski definition) is 0. The Bertz CT molecular complexity index is 1170. The van der Waals surface area contributed by atoms with E-state index in [0.717, 1.165) is 20.3 Å². The molecule has 0 spiro atoms. The van der Waals surface area contributed by atoms with Crippen LogP contribution in [0.15, 0.2) is 55.1 Å². The third kappa shape index (κ3) is 4.50. The van der Waals surface area contributed by atoms with Crippen LogP contribution in [-0.4, -0.2) is 26.6 Å². The summed E-state index contributed by atoms with van der Waals surface area (Å²) in [7, 11) is 1.57. The van der Waals surface area contributed by atoms with Crippen LogP contribution in [-0.2, 0) is 13.2 Å². The minimum atomic E-state index is -2.58. The molecule has 0 N–H and O–H groups in total. The number of alkyl halides is 2. The first-order valence-electron chi connectivity index (χ1n) is 9.02. The van der Waals surface area contributed by atoms with Gasteiger partial charge < -0.3 is 14.0 Å². The molecule has 1 aromatic carbocycles. The molecule has 3 aromatic heterocycles. The first-order valence-corrected chi connectivity index (χ1v) is 10.1. The quantitative estimate of drug-likeness (QED) is 0.320. The molecule has 3 heterocycles. The zero-order chi connectivity index (χ0) is 21.1. The summed E-state index contributed by atoms with van der Waals surface area (Å²) in [6.45, 7) is 0.778. The number of aromatic nitrogens is 4. The Morgan fingerprint density at radius 3 is 2.57 bits per heavy atom. The summed E-state index contributed by atoms with van der Waals surface area (Å²) in [5.41, 5.74) is 3.10. The third-order valence-electron chi connectivity index (χ3n) is 4.47. The second kappa shape index (κ2) is 8.90. The van der Waals surface area contributed by atoms with Gasteiger partial charge in [0, 0.05) is 21.5 Å². The minimum Gasteiger partial charge on any atom is -0.493 e. The zero-order valence-corrected chi connectivity index (χ0v) is 18.1. The number of methoxy groups -OCH3 is 1. The van der Waals surface area contributed by atoms with E-state index in [-0.39, 0.29) is 12.3 Å². The van der Waals surface area contributed by atoms with Crippen molar-refractivity contribution >= 4 is 33.8 Å². The van der Waals surface area contributed by atoms with E-state index in [9.17, 15) is 8.78 Å². The number of ether oxygens (including phenoxy) is 2. The van der Waals surface area contributed by atoms with Gasteiger partial charge in [0.25, 0.3) is 6.43 Å². The fourth-order valence-corrected chi connectivity index (χ4v) is 3.41. The number of rotatable bonds is 7. The molecular weight excluding hydrogens is 505 g/mol. The van der Waals surface area contributed by atoms with Crippen LogP contribution < -0.4 is 9.47 Å². The molecule has 9 heteroatoms. The Hall–Kier alpha value is -2.82. The van der Waals surface area contributed by atoms with Crippen LogP contribution in [0.3, 0.4) is 0 Å². The largest absolute Gasteiger partial charge is 0.493 e. The lowest BCUT2D eigenvalue weighted by Gasteiger charge is -2.13. The average molecular weight is 522 g/mol. The summed E-state index contributed by atoms with van der Waals surface area (Å²) in [4.78, 5) is 12.6. The van der Waals surface area contributed by atoms with Crippen molar-refractivity contribution in [3.63, 3.8) is 0 Å². The van der Waals surface area contributed by atoms with Gasteiger partial charge >= 0.3 is 0 Å². The van der Waals surface area contributed by atoms with E-state index in [2.05, 4.69) is 37.5 Å². The molecule has 0 radical (unpaired) electrons. The van der Waals surface area contributed by atoms with E-state index in [4.69, 9.17) is 9.47 Å². The maximum atomic E-state index is 12.6. The minimum absolute atomic E-state index is 0.195. The second-order valence-electron chi connectivity index (χ2n) is 6.53. The van der Waals surface area contributed by atoms with E-state index in [0.29, 0.717) is 23.6 Å². The van der Waals surface area contributed by atoms with E-state index in [1.807, 2.05) is 28.8 Å². The van der Waals surface area contributed by atoms with Crippen molar-refractivity contribution in [2.45, 2.75) is 19.6 Å². The van der Waals surface area contributed by atoms with Crippen LogP contribution in [0.4, 0.5) is 8.78 Å². The molecule has 0 atom stereocenters. The molecule has 0 saturated heterocycles. The van der Waals surface area contributed by atoms with E-state index in [1.54, 1.807) is 25.7 Å². The summed E-state index contributed by atoms with van der Waals surface area (Å²) in [6.07, 6.45) is 2.38. The van der Waals surface area contributed by atoms with Gasteiger partial charge in [-0.3, -0.25) is 4.98 Å². The van der Waals surface area contributed by atoms with Crippen molar-refractivity contribution in [2.24, 2.45) is 0 Å². The third-order valence-corrected chi connectivity index (χ3v) is 5.06. The number of nitrogens with zero attached hydrogens (tertiary/aromatic N) is 4. The summed E-state index contributed by atoms with van der Waals surface area (Å²) in [6, 6.07) is 10.5. The molecule has 6 nitrogen and oxygen atoms in total. The first kappa shape index (κ1) is 20.5. The smallest absolute Gasteiger partial charge is 0.280 e. The predicted molar refractivity (Wildman–Crippen MR) is 116 cm³/mol. The molecule has 0 saturated carbocycles. The molecule has 0 aliphatic rings. The maximum absolute atomic E-state index is 12.6. The molecule has 4 rings (SSSR count). The van der Waals surface area contributed by atoms with Gasteiger partial charge in [-0.1, -0.05) is 12.1 Å². The van der Waals surface area contributed by atoms with Crippen LogP contribution in [0.5, 0.6) is 11.5 Å². The lowest BCUT2D eigenvalue weighted by Crippen LogP contribution is -2.02. The monoisotopic (exact) mass is 522 g/mol. The molecule has 0 amide bonds. The number of benzene rings is 1. The molecular formula is C21H17F2IN4O2. The highest BCUT2D eigenvalue weighted by Gasteiger charge is 2.11. The van der Waals surface area contributed by atoms with E-state index < -0.39 is 6.43 Å². The van der Waals surface area contributed by atoms with Gasteiger partial charge in [-0.15, -0.1) is 0 Å². The Labute approximate surface area is 185 Å². The fraction of sp³-hybridized carbons (Fsp3) is 0.190. The highest BCUT2D eigenvalue weighted by molar-refractivity contribution is 14.1. The van der Waals surface area contributed by atoms with Crippen LogP contribution in [0, 0.1) is 3.57 Å².